The Bertz CT molecular complexity index is 735. The maximum Gasteiger partial charge on any atom is 0.132 e. The minimum Gasteiger partial charge on any atom is -0.497 e. The third-order valence-electron chi connectivity index (χ3n) is 5.92. The van der Waals surface area contributed by atoms with E-state index >= 15 is 0 Å². The molecule has 0 saturated carbocycles. The molecule has 0 spiro atoms. The predicted molar refractivity (Wildman–Crippen MR) is 119 cm³/mol. The average molecular weight is 396 g/mol. The van der Waals surface area contributed by atoms with Crippen LogP contribution >= 0.6 is 0 Å². The Morgan fingerprint density at radius 3 is 2.31 bits per heavy atom. The highest BCUT2D eigenvalue weighted by Crippen LogP contribution is 2.20. The maximum atomic E-state index is 5.25. The molecule has 0 amide bonds. The molecule has 2 aliphatic rings. The molecule has 156 valence electrons. The van der Waals surface area contributed by atoms with Crippen molar-refractivity contribution in [1.82, 2.24) is 20.9 Å². The zero-order valence-electron chi connectivity index (χ0n) is 17.3. The molecule has 0 radical (unpaired) electrons. The fraction of sp³-hybridized carbons (Fsp3) is 0.478. The van der Waals surface area contributed by atoms with E-state index in [4.69, 9.17) is 4.74 Å². The maximum absolute atomic E-state index is 5.25. The summed E-state index contributed by atoms with van der Waals surface area (Å²) in [5.41, 5.74) is 3.88. The molecule has 2 aromatic rings. The molecule has 0 aliphatic carbocycles. The van der Waals surface area contributed by atoms with Gasteiger partial charge in [0.15, 0.2) is 0 Å². The summed E-state index contributed by atoms with van der Waals surface area (Å²) < 4.78 is 5.25. The number of hydrogen-bond acceptors (Lipinski definition) is 6. The van der Waals surface area contributed by atoms with E-state index in [9.17, 15) is 0 Å². The van der Waals surface area contributed by atoms with Gasteiger partial charge in [-0.25, -0.2) is 0 Å². The number of ether oxygens (including phenoxy) is 1. The average Bonchev–Trinajstić information content (AvgIpc) is 2.80. The summed E-state index contributed by atoms with van der Waals surface area (Å²) in [7, 11) is 1.70. The van der Waals surface area contributed by atoms with Crippen LogP contribution in [0.2, 0.25) is 0 Å². The van der Waals surface area contributed by atoms with Crippen molar-refractivity contribution in [3.05, 3.63) is 59.7 Å². The lowest BCUT2D eigenvalue weighted by Crippen LogP contribution is -2.55. The second kappa shape index (κ2) is 10.1. The highest BCUT2D eigenvalue weighted by Gasteiger charge is 2.21. The molecule has 0 bridgehead atoms. The van der Waals surface area contributed by atoms with Gasteiger partial charge in [0.25, 0.3) is 0 Å². The zero-order chi connectivity index (χ0) is 19.9. The zero-order valence-corrected chi connectivity index (χ0v) is 17.3. The van der Waals surface area contributed by atoms with Crippen LogP contribution in [0.25, 0.3) is 0 Å². The molecule has 2 aliphatic heterocycles. The third-order valence-corrected chi connectivity index (χ3v) is 5.92. The van der Waals surface area contributed by atoms with E-state index in [0.717, 1.165) is 63.7 Å². The molecule has 2 heterocycles. The Hall–Kier alpha value is -2.12. The Kier molecular flexibility index (Phi) is 7.00. The number of anilines is 1. The van der Waals surface area contributed by atoms with Crippen LogP contribution in [0.5, 0.6) is 5.75 Å². The Labute approximate surface area is 174 Å². The molecule has 2 fully saturated rings. The predicted octanol–water partition coefficient (Wildman–Crippen LogP) is 1.82. The SMILES string of the molecule is COc1ccc(C2CNC(Nc3ccc(CCN4CCNCC4)cc3)NC2)cc1. The van der Waals surface area contributed by atoms with Gasteiger partial charge < -0.3 is 20.3 Å². The van der Waals surface area contributed by atoms with Crippen molar-refractivity contribution in [3.63, 3.8) is 0 Å². The van der Waals surface area contributed by atoms with Crippen molar-refractivity contribution in [2.75, 3.05) is 58.2 Å². The van der Waals surface area contributed by atoms with Crippen molar-refractivity contribution in [3.8, 4) is 5.75 Å². The summed E-state index contributed by atoms with van der Waals surface area (Å²) in [6, 6.07) is 17.2. The van der Waals surface area contributed by atoms with Gasteiger partial charge in [-0.1, -0.05) is 24.3 Å². The summed E-state index contributed by atoms with van der Waals surface area (Å²) in [5, 5.41) is 14.1. The van der Waals surface area contributed by atoms with E-state index in [1.165, 1.54) is 11.1 Å². The standard InChI is InChI=1S/C23H33N5O/c1-29-22-8-4-19(5-9-22)20-16-25-23(26-17-20)27-21-6-2-18(3-7-21)10-13-28-14-11-24-12-15-28/h2-9,20,23-27H,10-17H2,1H3. The van der Waals surface area contributed by atoms with Crippen LogP contribution in [0.4, 0.5) is 5.69 Å². The summed E-state index contributed by atoms with van der Waals surface area (Å²) in [6.07, 6.45) is 1.21. The van der Waals surface area contributed by atoms with E-state index in [1.54, 1.807) is 7.11 Å². The second-order valence-electron chi connectivity index (χ2n) is 7.90. The Morgan fingerprint density at radius 2 is 1.66 bits per heavy atom. The minimum absolute atomic E-state index is 0.0937. The molecule has 2 aromatic carbocycles. The molecule has 4 N–H and O–H groups in total. The molecule has 0 atom stereocenters. The third kappa shape index (κ3) is 5.70. The molecule has 29 heavy (non-hydrogen) atoms. The summed E-state index contributed by atoms with van der Waals surface area (Å²) in [4.78, 5) is 2.54. The van der Waals surface area contributed by atoms with Crippen LogP contribution in [0, 0.1) is 0 Å². The Morgan fingerprint density at radius 1 is 0.966 bits per heavy atom. The number of nitrogens with zero attached hydrogens (tertiary/aromatic N) is 1. The lowest BCUT2D eigenvalue weighted by Gasteiger charge is -2.32. The lowest BCUT2D eigenvalue weighted by atomic mass is 9.97. The number of methoxy groups -OCH3 is 1. The first-order valence-electron chi connectivity index (χ1n) is 10.7. The van der Waals surface area contributed by atoms with Crippen molar-refractivity contribution in [1.29, 1.82) is 0 Å². The molecular weight excluding hydrogens is 362 g/mol. The van der Waals surface area contributed by atoms with Crippen LogP contribution < -0.4 is 26.0 Å². The van der Waals surface area contributed by atoms with Gasteiger partial charge in [-0.15, -0.1) is 0 Å². The van der Waals surface area contributed by atoms with Gasteiger partial charge in [-0.2, -0.15) is 0 Å². The van der Waals surface area contributed by atoms with Gasteiger partial charge in [0.05, 0.1) is 7.11 Å². The molecule has 0 unspecified atom stereocenters. The van der Waals surface area contributed by atoms with Crippen molar-refractivity contribution >= 4 is 5.69 Å². The minimum atomic E-state index is 0.0937. The van der Waals surface area contributed by atoms with Gasteiger partial charge in [-0.3, -0.25) is 10.6 Å². The van der Waals surface area contributed by atoms with E-state index in [2.05, 4.69) is 62.6 Å². The van der Waals surface area contributed by atoms with Crippen molar-refractivity contribution in [2.45, 2.75) is 18.6 Å². The van der Waals surface area contributed by atoms with E-state index in [1.807, 2.05) is 12.1 Å². The summed E-state index contributed by atoms with van der Waals surface area (Å²) in [5.74, 6) is 1.37. The van der Waals surface area contributed by atoms with Gasteiger partial charge >= 0.3 is 0 Å². The van der Waals surface area contributed by atoms with Crippen LogP contribution in [-0.4, -0.2) is 64.1 Å². The first-order valence-corrected chi connectivity index (χ1v) is 10.7. The van der Waals surface area contributed by atoms with Crippen LogP contribution in [0.15, 0.2) is 48.5 Å². The smallest absolute Gasteiger partial charge is 0.132 e. The number of hydrogen-bond donors (Lipinski definition) is 4. The number of piperazine rings is 1. The second-order valence-corrected chi connectivity index (χ2v) is 7.90. The van der Waals surface area contributed by atoms with Crippen molar-refractivity contribution < 1.29 is 4.74 Å². The van der Waals surface area contributed by atoms with Gasteiger partial charge in [-0.05, 0) is 41.8 Å². The molecule has 4 rings (SSSR count). The fourth-order valence-electron chi connectivity index (χ4n) is 4.03. The molecule has 0 aromatic heterocycles. The van der Waals surface area contributed by atoms with E-state index in [-0.39, 0.29) is 6.29 Å². The quantitative estimate of drug-likeness (QED) is 0.574. The summed E-state index contributed by atoms with van der Waals surface area (Å²) >= 11 is 0. The Balaban J connectivity index is 1.21. The topological polar surface area (TPSA) is 60.6 Å². The highest BCUT2D eigenvalue weighted by molar-refractivity contribution is 5.45. The van der Waals surface area contributed by atoms with Crippen LogP contribution in [0.1, 0.15) is 17.0 Å². The van der Waals surface area contributed by atoms with E-state index < -0.39 is 0 Å². The van der Waals surface area contributed by atoms with E-state index in [0.29, 0.717) is 5.92 Å². The van der Waals surface area contributed by atoms with Crippen molar-refractivity contribution in [2.24, 2.45) is 0 Å². The molecule has 6 heteroatoms. The van der Waals surface area contributed by atoms with Gasteiger partial charge in [0, 0.05) is 57.4 Å². The number of nitrogens with one attached hydrogen (secondary N) is 4. The largest absolute Gasteiger partial charge is 0.497 e. The van der Waals surface area contributed by atoms with Crippen LogP contribution in [0.3, 0.4) is 0 Å². The van der Waals surface area contributed by atoms with Crippen LogP contribution in [-0.2, 0) is 6.42 Å². The number of benzene rings is 2. The molecule has 2 saturated heterocycles. The monoisotopic (exact) mass is 395 g/mol. The lowest BCUT2D eigenvalue weighted by molar-refractivity contribution is 0.244. The molecule has 6 nitrogen and oxygen atoms in total. The summed E-state index contributed by atoms with van der Waals surface area (Å²) in [6.45, 7) is 7.59. The number of rotatable bonds is 7. The highest BCUT2D eigenvalue weighted by atomic mass is 16.5. The molecular formula is C23H33N5O. The van der Waals surface area contributed by atoms with Gasteiger partial charge in [0.2, 0.25) is 0 Å². The van der Waals surface area contributed by atoms with Gasteiger partial charge in [0.1, 0.15) is 12.0 Å². The first-order chi connectivity index (χ1) is 14.3. The normalized spacial score (nSPS) is 22.9. The first kappa shape index (κ1) is 20.2. The fourth-order valence-corrected chi connectivity index (χ4v) is 4.03.